The number of carbonyl (C=O) groups excluding carboxylic acids is 1. The fraction of sp³-hybridized carbons (Fsp3) is 0. The molecule has 0 bridgehead atoms. The fourth-order valence-electron chi connectivity index (χ4n) is 1.28. The lowest BCUT2D eigenvalue weighted by molar-refractivity contribution is -0.297. The highest BCUT2D eigenvalue weighted by Gasteiger charge is 2.09. The molecular weight excluding hydrogens is 260 g/mol. The van der Waals surface area contributed by atoms with E-state index in [4.69, 9.17) is 16.9 Å². The zero-order valence-electron chi connectivity index (χ0n) is 8.31. The SMILES string of the molecule is N#Cc1cnc2cc(/C=C/C(=O)[O-])sc2c1Cl. The molecule has 2 heterocycles. The maximum atomic E-state index is 10.3. The summed E-state index contributed by atoms with van der Waals surface area (Å²) in [4.78, 5) is 15.0. The van der Waals surface area contributed by atoms with E-state index < -0.39 is 5.97 Å². The summed E-state index contributed by atoms with van der Waals surface area (Å²) in [6.45, 7) is 0. The molecule has 0 saturated heterocycles. The molecule has 4 nitrogen and oxygen atoms in total. The molecule has 2 rings (SSSR count). The first-order valence-corrected chi connectivity index (χ1v) is 5.68. The maximum Gasteiger partial charge on any atom is 0.102 e. The van der Waals surface area contributed by atoms with Gasteiger partial charge in [0.25, 0.3) is 0 Å². The normalized spacial score (nSPS) is 10.8. The van der Waals surface area contributed by atoms with Gasteiger partial charge in [-0.2, -0.15) is 5.26 Å². The Balaban J connectivity index is 2.55. The highest BCUT2D eigenvalue weighted by molar-refractivity contribution is 7.20. The molecule has 0 fully saturated rings. The van der Waals surface area contributed by atoms with E-state index in [9.17, 15) is 9.90 Å². The average Bonchev–Trinajstić information content (AvgIpc) is 2.71. The number of aliphatic carboxylic acids is 1. The third kappa shape index (κ3) is 2.28. The van der Waals surface area contributed by atoms with Gasteiger partial charge in [-0.3, -0.25) is 4.98 Å². The van der Waals surface area contributed by atoms with E-state index in [0.29, 0.717) is 25.7 Å². The molecule has 6 heteroatoms. The summed E-state index contributed by atoms with van der Waals surface area (Å²) in [5.41, 5.74) is 0.938. The molecule has 0 aromatic carbocycles. The number of halogens is 1. The molecule has 0 atom stereocenters. The summed E-state index contributed by atoms with van der Waals surface area (Å²) in [5.74, 6) is -1.26. The van der Waals surface area contributed by atoms with Crippen LogP contribution in [0.5, 0.6) is 0 Å². The predicted molar refractivity (Wildman–Crippen MR) is 63.4 cm³/mol. The van der Waals surface area contributed by atoms with E-state index in [1.807, 2.05) is 6.07 Å². The number of carboxylic acids is 1. The summed E-state index contributed by atoms with van der Waals surface area (Å²) in [6, 6.07) is 3.64. The lowest BCUT2D eigenvalue weighted by Crippen LogP contribution is -2.18. The van der Waals surface area contributed by atoms with Gasteiger partial charge in [-0.15, -0.1) is 11.3 Å². The van der Waals surface area contributed by atoms with Gasteiger partial charge in [0.1, 0.15) is 6.07 Å². The van der Waals surface area contributed by atoms with Crippen LogP contribution in [0.25, 0.3) is 16.3 Å². The van der Waals surface area contributed by atoms with Crippen LogP contribution in [0.3, 0.4) is 0 Å². The van der Waals surface area contributed by atoms with Crippen LogP contribution >= 0.6 is 22.9 Å². The van der Waals surface area contributed by atoms with Gasteiger partial charge in [0.15, 0.2) is 0 Å². The van der Waals surface area contributed by atoms with Gasteiger partial charge in [-0.05, 0) is 18.2 Å². The second-order valence-electron chi connectivity index (χ2n) is 3.11. The Morgan fingerprint density at radius 3 is 3.06 bits per heavy atom. The number of hydrogen-bond acceptors (Lipinski definition) is 5. The van der Waals surface area contributed by atoms with E-state index >= 15 is 0 Å². The molecule has 0 spiro atoms. The first kappa shape index (κ1) is 11.6. The molecule has 84 valence electrons. The first-order valence-electron chi connectivity index (χ1n) is 4.49. The fourth-order valence-corrected chi connectivity index (χ4v) is 2.54. The smallest absolute Gasteiger partial charge is 0.102 e. The number of fused-ring (bicyclic) bond motifs is 1. The predicted octanol–water partition coefficient (Wildman–Crippen LogP) is 1.58. The Kier molecular flexibility index (Phi) is 3.09. The number of hydrogen-bond donors (Lipinski definition) is 0. The van der Waals surface area contributed by atoms with Crippen molar-refractivity contribution < 1.29 is 9.90 Å². The van der Waals surface area contributed by atoms with Gasteiger partial charge in [0, 0.05) is 11.1 Å². The second-order valence-corrected chi connectivity index (χ2v) is 4.57. The maximum absolute atomic E-state index is 10.3. The van der Waals surface area contributed by atoms with Crippen LogP contribution in [0.1, 0.15) is 10.4 Å². The van der Waals surface area contributed by atoms with Crippen LogP contribution in [-0.2, 0) is 4.79 Å². The molecule has 0 radical (unpaired) electrons. The third-order valence-corrected chi connectivity index (χ3v) is 3.62. The van der Waals surface area contributed by atoms with Crippen LogP contribution in [-0.4, -0.2) is 11.0 Å². The molecule has 0 aliphatic carbocycles. The molecule has 17 heavy (non-hydrogen) atoms. The number of carbonyl (C=O) groups is 1. The number of aromatic nitrogens is 1. The number of rotatable bonds is 2. The van der Waals surface area contributed by atoms with Gasteiger partial charge in [-0.25, -0.2) is 0 Å². The standard InChI is InChI=1S/C11H5ClN2O2S/c12-10-6(4-13)5-14-8-3-7(17-11(8)10)1-2-9(15)16/h1-3,5H,(H,15,16)/p-1/b2-1+. The van der Waals surface area contributed by atoms with Gasteiger partial charge >= 0.3 is 0 Å². The first-order chi connectivity index (χ1) is 8.11. The minimum Gasteiger partial charge on any atom is -0.545 e. The van der Waals surface area contributed by atoms with Gasteiger partial charge in [0.2, 0.25) is 0 Å². The van der Waals surface area contributed by atoms with Crippen LogP contribution < -0.4 is 5.11 Å². The van der Waals surface area contributed by atoms with Crippen molar-refractivity contribution in [2.24, 2.45) is 0 Å². The van der Waals surface area contributed by atoms with E-state index in [2.05, 4.69) is 4.98 Å². The minimum atomic E-state index is -1.26. The van der Waals surface area contributed by atoms with E-state index in [-0.39, 0.29) is 0 Å². The largest absolute Gasteiger partial charge is 0.545 e. The average molecular weight is 264 g/mol. The molecule has 0 aliphatic heterocycles. The molecule has 0 unspecified atom stereocenters. The number of nitriles is 1. The number of nitrogens with zero attached hydrogens (tertiary/aromatic N) is 2. The number of pyridine rings is 1. The molecule has 2 aromatic rings. The Morgan fingerprint density at radius 2 is 2.41 bits per heavy atom. The summed E-state index contributed by atoms with van der Waals surface area (Å²) in [7, 11) is 0. The van der Waals surface area contributed by atoms with Crippen molar-refractivity contribution in [3.63, 3.8) is 0 Å². The van der Waals surface area contributed by atoms with Gasteiger partial charge in [0.05, 0.1) is 26.8 Å². The molecule has 0 N–H and O–H groups in total. The van der Waals surface area contributed by atoms with Crippen molar-refractivity contribution in [3.05, 3.63) is 33.8 Å². The van der Waals surface area contributed by atoms with Crippen molar-refractivity contribution in [1.82, 2.24) is 4.98 Å². The van der Waals surface area contributed by atoms with Crippen molar-refractivity contribution in [2.75, 3.05) is 0 Å². The van der Waals surface area contributed by atoms with Crippen LogP contribution in [0.15, 0.2) is 18.3 Å². The van der Waals surface area contributed by atoms with E-state index in [1.54, 1.807) is 6.07 Å². The van der Waals surface area contributed by atoms with E-state index in [1.165, 1.54) is 23.6 Å². The summed E-state index contributed by atoms with van der Waals surface area (Å²) >= 11 is 7.28. The Bertz CT molecular complexity index is 670. The van der Waals surface area contributed by atoms with Crippen molar-refractivity contribution in [1.29, 1.82) is 5.26 Å². The molecule has 0 aliphatic rings. The van der Waals surface area contributed by atoms with Crippen molar-refractivity contribution in [3.8, 4) is 6.07 Å². The van der Waals surface area contributed by atoms with Crippen molar-refractivity contribution >= 4 is 45.2 Å². The van der Waals surface area contributed by atoms with Crippen molar-refractivity contribution in [2.45, 2.75) is 0 Å². The summed E-state index contributed by atoms with van der Waals surface area (Å²) in [6.07, 6.45) is 3.73. The Hall–Kier alpha value is -1.90. The molecule has 2 aromatic heterocycles. The zero-order valence-corrected chi connectivity index (χ0v) is 9.88. The third-order valence-electron chi connectivity index (χ3n) is 2.00. The van der Waals surface area contributed by atoms with Gasteiger partial charge in [-0.1, -0.05) is 11.6 Å². The highest BCUT2D eigenvalue weighted by atomic mass is 35.5. The summed E-state index contributed by atoms with van der Waals surface area (Å²) in [5, 5.41) is 19.4. The molecular formula is C11H4ClN2O2S-. The minimum absolute atomic E-state index is 0.302. The second kappa shape index (κ2) is 4.53. The highest BCUT2D eigenvalue weighted by Crippen LogP contribution is 2.33. The Morgan fingerprint density at radius 1 is 1.65 bits per heavy atom. The topological polar surface area (TPSA) is 76.8 Å². The van der Waals surface area contributed by atoms with Crippen LogP contribution in [0.2, 0.25) is 5.02 Å². The lowest BCUT2D eigenvalue weighted by Gasteiger charge is -1.93. The van der Waals surface area contributed by atoms with E-state index in [0.717, 1.165) is 6.08 Å². The summed E-state index contributed by atoms with van der Waals surface area (Å²) < 4.78 is 0.670. The van der Waals surface area contributed by atoms with Gasteiger partial charge < -0.3 is 9.90 Å². The lowest BCUT2D eigenvalue weighted by atomic mass is 10.3. The zero-order chi connectivity index (χ0) is 12.4. The van der Waals surface area contributed by atoms with Crippen LogP contribution in [0, 0.1) is 11.3 Å². The monoisotopic (exact) mass is 263 g/mol. The molecule has 0 saturated carbocycles. The number of thiophene rings is 1. The quantitative estimate of drug-likeness (QED) is 0.771. The number of carboxylic acid groups (broad SMARTS) is 1. The van der Waals surface area contributed by atoms with Crippen LogP contribution in [0.4, 0.5) is 0 Å². The molecule has 0 amide bonds. The Labute approximate surface area is 105 Å².